The van der Waals surface area contributed by atoms with Crippen molar-refractivity contribution in [2.45, 2.75) is 95.6 Å². The van der Waals surface area contributed by atoms with Crippen LogP contribution in [-0.4, -0.2) is 73.5 Å². The maximum absolute atomic E-state index is 13.6. The highest BCUT2D eigenvalue weighted by Crippen LogP contribution is 2.47. The fourth-order valence-electron chi connectivity index (χ4n) is 8.90. The van der Waals surface area contributed by atoms with E-state index >= 15 is 0 Å². The average Bonchev–Trinajstić information content (AvgIpc) is 3.15. The van der Waals surface area contributed by atoms with Gasteiger partial charge >= 0.3 is 0 Å². The largest absolute Gasteiger partial charge is 0.487 e. The second kappa shape index (κ2) is 15.8. The number of amides is 1. The van der Waals surface area contributed by atoms with Crippen molar-refractivity contribution >= 4 is 33.2 Å². The summed E-state index contributed by atoms with van der Waals surface area (Å²) in [5.41, 5.74) is 4.72. The molecule has 0 radical (unpaired) electrons. The zero-order valence-corrected chi connectivity index (χ0v) is 32.7. The van der Waals surface area contributed by atoms with Crippen molar-refractivity contribution < 1.29 is 27.8 Å². The van der Waals surface area contributed by atoms with Crippen molar-refractivity contribution in [3.63, 3.8) is 0 Å². The lowest BCUT2D eigenvalue weighted by Gasteiger charge is -2.51. The maximum Gasteiger partial charge on any atom is 0.264 e. The van der Waals surface area contributed by atoms with Gasteiger partial charge in [0.1, 0.15) is 12.4 Å². The molecule has 3 aliphatic heterocycles. The molecule has 4 heterocycles. The van der Waals surface area contributed by atoms with Crippen LogP contribution in [0, 0.1) is 17.8 Å². The van der Waals surface area contributed by atoms with Crippen LogP contribution in [0.25, 0.3) is 0 Å². The van der Waals surface area contributed by atoms with Gasteiger partial charge in [0.15, 0.2) is 0 Å². The molecule has 53 heavy (non-hydrogen) atoms. The molecule has 4 aliphatic rings. The van der Waals surface area contributed by atoms with E-state index in [-0.39, 0.29) is 23.3 Å². The van der Waals surface area contributed by atoms with Gasteiger partial charge in [0.05, 0.1) is 23.6 Å². The van der Waals surface area contributed by atoms with Gasteiger partial charge in [-0.3, -0.25) is 9.69 Å². The van der Waals surface area contributed by atoms with Crippen LogP contribution in [0.15, 0.2) is 48.7 Å². The maximum atomic E-state index is 13.6. The van der Waals surface area contributed by atoms with E-state index in [4.69, 9.17) is 21.1 Å². The molecule has 1 aromatic heterocycles. The van der Waals surface area contributed by atoms with Crippen molar-refractivity contribution in [2.75, 3.05) is 38.2 Å². The summed E-state index contributed by atoms with van der Waals surface area (Å²) in [6.45, 7) is 7.45. The Morgan fingerprint density at radius 1 is 1.00 bits per heavy atom. The van der Waals surface area contributed by atoms with Crippen molar-refractivity contribution in [3.05, 3.63) is 81.5 Å². The van der Waals surface area contributed by atoms with E-state index in [9.17, 15) is 18.3 Å². The molecule has 1 saturated carbocycles. The number of nitrogens with one attached hydrogen (secondary N) is 1. The summed E-state index contributed by atoms with van der Waals surface area (Å²) in [4.78, 5) is 22.7. The Kier molecular flexibility index (Phi) is 11.3. The first-order chi connectivity index (χ1) is 25.4. The van der Waals surface area contributed by atoms with E-state index in [1.807, 2.05) is 37.4 Å². The van der Waals surface area contributed by atoms with Crippen molar-refractivity contribution in [3.8, 4) is 11.6 Å². The summed E-state index contributed by atoms with van der Waals surface area (Å²) in [5.74, 6) is 0.681. The standard InChI is InChI=1S/C41H53ClN4O6S/c1-27-7-6-16-41(48,26-45-18-15-31-22-43-39(51-3)21-34(31)23-45)36-13-10-32(36)24-46-17-5-4-8-29-19-35(42)12-9-33(29)25-52-38-14-11-30(20-37(38)46)40(47)44-53(49,50)28(27)2/h9,11-12,14,19-22,27-28,32,36,48H,4-8,10,13,15-18,23-26H2,1-3H3,(H,44,47)/t27?,28-,32+,36-,41+/m1/s1. The number of nitrogens with zero attached hydrogens (tertiary/aromatic N) is 3. The molecule has 5 atom stereocenters. The van der Waals surface area contributed by atoms with E-state index in [2.05, 4.69) is 19.5 Å². The Bertz CT molecular complexity index is 1930. The fourth-order valence-corrected chi connectivity index (χ4v) is 10.4. The Morgan fingerprint density at radius 2 is 1.85 bits per heavy atom. The van der Waals surface area contributed by atoms with E-state index in [1.54, 1.807) is 32.2 Å². The van der Waals surface area contributed by atoms with Crippen LogP contribution in [-0.2, 0) is 36.0 Å². The number of methoxy groups -OCH3 is 1. The first-order valence-corrected chi connectivity index (χ1v) is 21.2. The third-order valence-corrected chi connectivity index (χ3v) is 14.6. The fraction of sp³-hybridized carbons (Fsp3) is 0.561. The highest BCUT2D eigenvalue weighted by molar-refractivity contribution is 7.90. The number of aryl methyl sites for hydroxylation is 1. The number of carbonyl (C=O) groups excluding carboxylic acids is 1. The minimum Gasteiger partial charge on any atom is -0.487 e. The number of sulfonamides is 1. The molecule has 1 fully saturated rings. The molecular formula is C41H53ClN4O6S. The van der Waals surface area contributed by atoms with Gasteiger partial charge in [-0.25, -0.2) is 18.1 Å². The van der Waals surface area contributed by atoms with Gasteiger partial charge in [-0.2, -0.15) is 0 Å². The molecule has 0 spiro atoms. The molecule has 0 saturated heterocycles. The van der Waals surface area contributed by atoms with Crippen LogP contribution < -0.4 is 19.1 Å². The number of aromatic nitrogens is 1. The number of carbonyl (C=O) groups is 1. The molecule has 3 aromatic rings. The Morgan fingerprint density at radius 3 is 2.64 bits per heavy atom. The molecule has 7 rings (SSSR count). The lowest BCUT2D eigenvalue weighted by Crippen LogP contribution is -2.56. The summed E-state index contributed by atoms with van der Waals surface area (Å²) in [7, 11) is -2.34. The molecule has 10 nitrogen and oxygen atoms in total. The zero-order valence-electron chi connectivity index (χ0n) is 31.2. The van der Waals surface area contributed by atoms with E-state index in [0.29, 0.717) is 62.2 Å². The number of aliphatic hydroxyl groups is 1. The minimum atomic E-state index is -3.97. The van der Waals surface area contributed by atoms with Crippen LogP contribution in [0.5, 0.6) is 11.6 Å². The van der Waals surface area contributed by atoms with Crippen LogP contribution in [0.3, 0.4) is 0 Å². The molecule has 12 heteroatoms. The smallest absolute Gasteiger partial charge is 0.264 e. The van der Waals surface area contributed by atoms with E-state index in [1.165, 1.54) is 16.7 Å². The van der Waals surface area contributed by atoms with E-state index in [0.717, 1.165) is 62.9 Å². The number of fused-ring (bicyclic) bond motifs is 4. The number of ether oxygens (including phenoxy) is 2. The van der Waals surface area contributed by atoms with Gasteiger partial charge in [-0.1, -0.05) is 31.0 Å². The summed E-state index contributed by atoms with van der Waals surface area (Å²) in [6, 6.07) is 13.2. The van der Waals surface area contributed by atoms with Gasteiger partial charge in [0.2, 0.25) is 15.9 Å². The first kappa shape index (κ1) is 37.9. The second-order valence-corrected chi connectivity index (χ2v) is 18.3. The monoisotopic (exact) mass is 764 g/mol. The van der Waals surface area contributed by atoms with Crippen LogP contribution in [0.1, 0.15) is 91.4 Å². The number of hydrogen-bond donors (Lipinski definition) is 2. The lowest BCUT2D eigenvalue weighted by molar-refractivity contribution is -0.107. The van der Waals surface area contributed by atoms with Gasteiger partial charge in [0.25, 0.3) is 5.91 Å². The molecule has 1 aliphatic carbocycles. The highest BCUT2D eigenvalue weighted by atomic mass is 35.5. The third kappa shape index (κ3) is 8.33. The molecule has 1 unspecified atom stereocenters. The SMILES string of the molecule is COc1cc2c(cn1)CCN(C[C@@]1(O)CCCC(C)[C@@H](C)S(=O)(=O)NC(=O)c3ccc4c(c3)N(CCCCc3cc(Cl)ccc3CO4)C[C@@H]3CC[C@H]31)C2. The number of anilines is 1. The minimum absolute atomic E-state index is 0.0701. The molecule has 2 aromatic carbocycles. The van der Waals surface area contributed by atoms with Crippen LogP contribution in [0.4, 0.5) is 5.69 Å². The summed E-state index contributed by atoms with van der Waals surface area (Å²) in [6.07, 6.45) is 9.30. The topological polar surface area (TPSA) is 121 Å². The molecule has 1 amide bonds. The second-order valence-electron chi connectivity index (χ2n) is 15.8. The predicted molar refractivity (Wildman–Crippen MR) is 207 cm³/mol. The predicted octanol–water partition coefficient (Wildman–Crippen LogP) is 6.55. The lowest BCUT2D eigenvalue weighted by atomic mass is 9.62. The first-order valence-electron chi connectivity index (χ1n) is 19.2. The van der Waals surface area contributed by atoms with Crippen LogP contribution in [0.2, 0.25) is 5.02 Å². The number of β-amino-alcohol motifs (C(OH)–C–C–N with tert-alkyl or cyclic N) is 1. The molecule has 286 valence electrons. The van der Waals surface area contributed by atoms with Crippen LogP contribution >= 0.6 is 11.6 Å². The number of rotatable bonds is 3. The summed E-state index contributed by atoms with van der Waals surface area (Å²) < 4.78 is 41.5. The number of pyridine rings is 1. The molecule has 2 bridgehead atoms. The molecular weight excluding hydrogens is 712 g/mol. The van der Waals surface area contributed by atoms with Crippen molar-refractivity contribution in [1.29, 1.82) is 0 Å². The van der Waals surface area contributed by atoms with Gasteiger partial charge in [-0.15, -0.1) is 0 Å². The average molecular weight is 765 g/mol. The van der Waals surface area contributed by atoms with Gasteiger partial charge in [0, 0.05) is 55.6 Å². The van der Waals surface area contributed by atoms with Crippen molar-refractivity contribution in [1.82, 2.24) is 14.6 Å². The Balaban J connectivity index is 1.23. The quantitative estimate of drug-likeness (QED) is 0.306. The van der Waals surface area contributed by atoms with Gasteiger partial charge < -0.3 is 19.5 Å². The Labute approximate surface area is 319 Å². The highest BCUT2D eigenvalue weighted by Gasteiger charge is 2.48. The number of benzene rings is 2. The number of hydrogen-bond acceptors (Lipinski definition) is 9. The molecule has 2 N–H and O–H groups in total. The van der Waals surface area contributed by atoms with Crippen molar-refractivity contribution in [2.24, 2.45) is 17.8 Å². The third-order valence-electron chi connectivity index (χ3n) is 12.5. The summed E-state index contributed by atoms with van der Waals surface area (Å²) >= 11 is 6.39. The van der Waals surface area contributed by atoms with E-state index < -0.39 is 26.8 Å². The zero-order chi connectivity index (χ0) is 37.3. The van der Waals surface area contributed by atoms with Gasteiger partial charge in [-0.05, 0) is 129 Å². The Hall–Kier alpha value is -3.38. The normalized spacial score (nSPS) is 28.1. The number of halogens is 1. The summed E-state index contributed by atoms with van der Waals surface area (Å²) in [5, 5.41) is 12.8.